The molecule has 13 heavy (non-hydrogen) atoms. The van der Waals surface area contributed by atoms with Crippen molar-refractivity contribution in [3.63, 3.8) is 0 Å². The summed E-state index contributed by atoms with van der Waals surface area (Å²) in [6.45, 7) is 3.80. The Bertz CT molecular complexity index is 180. The number of hydrogen-bond donors (Lipinski definition) is 0. The molecular weight excluding hydrogens is 171 g/mol. The van der Waals surface area contributed by atoms with Crippen LogP contribution in [0.2, 0.25) is 0 Å². The molecule has 2 rings (SSSR count). The third-order valence-corrected chi connectivity index (χ3v) is 3.06. The molecule has 0 N–H and O–H groups in total. The Balaban J connectivity index is 1.95. The fourth-order valence-corrected chi connectivity index (χ4v) is 2.22. The standard InChI is InChI=1S/C9H17FN2O/c1-11-6-7-13-9(8-11)2-4-12(10)5-3-9/h2-8H2,1H3. The number of halogens is 1. The van der Waals surface area contributed by atoms with Crippen LogP contribution in [0.15, 0.2) is 0 Å². The molecule has 0 unspecified atom stereocenters. The van der Waals surface area contributed by atoms with Crippen molar-refractivity contribution in [3.05, 3.63) is 0 Å². The molecule has 2 heterocycles. The monoisotopic (exact) mass is 188 g/mol. The lowest BCUT2D eigenvalue weighted by atomic mass is 9.90. The Hall–Kier alpha value is -0.190. The van der Waals surface area contributed by atoms with Crippen LogP contribution in [0.4, 0.5) is 4.48 Å². The predicted octanol–water partition coefficient (Wildman–Crippen LogP) is 0.667. The molecule has 0 aromatic heterocycles. The first-order chi connectivity index (χ1) is 6.20. The molecule has 0 aromatic carbocycles. The lowest BCUT2D eigenvalue weighted by molar-refractivity contribution is -0.153. The number of piperidine rings is 1. The molecule has 76 valence electrons. The second-order valence-electron chi connectivity index (χ2n) is 4.18. The molecule has 2 saturated heterocycles. The minimum absolute atomic E-state index is 0.0460. The summed E-state index contributed by atoms with van der Waals surface area (Å²) in [5, 5.41) is 0.892. The summed E-state index contributed by atoms with van der Waals surface area (Å²) in [5.74, 6) is 0. The van der Waals surface area contributed by atoms with Crippen molar-refractivity contribution in [2.24, 2.45) is 0 Å². The highest BCUT2D eigenvalue weighted by Crippen LogP contribution is 2.29. The maximum Gasteiger partial charge on any atom is 0.0835 e. The van der Waals surface area contributed by atoms with Gasteiger partial charge in [0.1, 0.15) is 0 Å². The van der Waals surface area contributed by atoms with Gasteiger partial charge in [-0.2, -0.15) is 0 Å². The fourth-order valence-electron chi connectivity index (χ4n) is 2.22. The number of rotatable bonds is 0. The Labute approximate surface area is 78.4 Å². The molecule has 2 aliphatic rings. The maximum absolute atomic E-state index is 12.8. The molecule has 0 saturated carbocycles. The smallest absolute Gasteiger partial charge is 0.0835 e. The zero-order valence-corrected chi connectivity index (χ0v) is 8.13. The molecule has 0 amide bonds. The predicted molar refractivity (Wildman–Crippen MR) is 48.1 cm³/mol. The summed E-state index contributed by atoms with van der Waals surface area (Å²) in [4.78, 5) is 2.28. The first-order valence-electron chi connectivity index (χ1n) is 4.93. The highest BCUT2D eigenvalue weighted by atomic mass is 19.2. The molecular formula is C9H17FN2O. The van der Waals surface area contributed by atoms with Gasteiger partial charge in [-0.15, -0.1) is 9.60 Å². The van der Waals surface area contributed by atoms with Gasteiger partial charge in [0.15, 0.2) is 0 Å². The minimum Gasteiger partial charge on any atom is -0.372 e. The Kier molecular flexibility index (Phi) is 2.53. The zero-order chi connectivity index (χ0) is 9.31. The van der Waals surface area contributed by atoms with Gasteiger partial charge in [-0.05, 0) is 19.9 Å². The van der Waals surface area contributed by atoms with Crippen LogP contribution in [0.1, 0.15) is 12.8 Å². The van der Waals surface area contributed by atoms with E-state index in [9.17, 15) is 4.48 Å². The number of morpholine rings is 1. The topological polar surface area (TPSA) is 15.7 Å². The van der Waals surface area contributed by atoms with Crippen molar-refractivity contribution in [2.75, 3.05) is 39.8 Å². The van der Waals surface area contributed by atoms with Crippen LogP contribution in [0.3, 0.4) is 0 Å². The van der Waals surface area contributed by atoms with Crippen molar-refractivity contribution in [2.45, 2.75) is 18.4 Å². The minimum atomic E-state index is -0.0460. The SMILES string of the molecule is CN1CCOC2(CCN(F)CC2)C1. The molecule has 2 fully saturated rings. The van der Waals surface area contributed by atoms with Gasteiger partial charge in [0, 0.05) is 26.2 Å². The summed E-state index contributed by atoms with van der Waals surface area (Å²) >= 11 is 0. The second kappa shape index (κ2) is 3.52. The van der Waals surface area contributed by atoms with Gasteiger partial charge in [0.05, 0.1) is 12.2 Å². The molecule has 1 spiro atoms. The van der Waals surface area contributed by atoms with E-state index in [4.69, 9.17) is 4.74 Å². The quantitative estimate of drug-likeness (QED) is 0.520. The van der Waals surface area contributed by atoms with E-state index >= 15 is 0 Å². The van der Waals surface area contributed by atoms with Gasteiger partial charge < -0.3 is 9.64 Å². The molecule has 0 bridgehead atoms. The number of hydrogen-bond acceptors (Lipinski definition) is 3. The third-order valence-electron chi connectivity index (χ3n) is 3.06. The highest BCUT2D eigenvalue weighted by Gasteiger charge is 2.38. The summed E-state index contributed by atoms with van der Waals surface area (Å²) < 4.78 is 18.6. The molecule has 0 radical (unpaired) electrons. The molecule has 0 atom stereocenters. The van der Waals surface area contributed by atoms with Gasteiger partial charge in [0.25, 0.3) is 0 Å². The maximum atomic E-state index is 12.8. The average Bonchev–Trinajstić information content (AvgIpc) is 2.11. The van der Waals surface area contributed by atoms with Crippen LogP contribution in [0.5, 0.6) is 0 Å². The van der Waals surface area contributed by atoms with Gasteiger partial charge in [-0.1, -0.05) is 0 Å². The van der Waals surface area contributed by atoms with Crippen LogP contribution >= 0.6 is 0 Å². The van der Waals surface area contributed by atoms with Crippen molar-refractivity contribution in [3.8, 4) is 0 Å². The van der Waals surface area contributed by atoms with E-state index in [1.54, 1.807) is 0 Å². The van der Waals surface area contributed by atoms with Crippen LogP contribution in [-0.2, 0) is 4.74 Å². The van der Waals surface area contributed by atoms with E-state index in [0.717, 1.165) is 37.7 Å². The van der Waals surface area contributed by atoms with Gasteiger partial charge >= 0.3 is 0 Å². The van der Waals surface area contributed by atoms with E-state index in [1.807, 2.05) is 0 Å². The Morgan fingerprint density at radius 3 is 2.54 bits per heavy atom. The summed E-state index contributed by atoms with van der Waals surface area (Å²) in [7, 11) is 2.10. The lowest BCUT2D eigenvalue weighted by Gasteiger charge is -2.44. The first-order valence-corrected chi connectivity index (χ1v) is 4.93. The first kappa shape index (κ1) is 9.37. The van der Waals surface area contributed by atoms with Crippen molar-refractivity contribution >= 4 is 0 Å². The third kappa shape index (κ3) is 2.00. The van der Waals surface area contributed by atoms with E-state index in [2.05, 4.69) is 11.9 Å². The summed E-state index contributed by atoms with van der Waals surface area (Å²) in [6.07, 6.45) is 1.65. The molecule has 0 aliphatic carbocycles. The second-order valence-corrected chi connectivity index (χ2v) is 4.18. The molecule has 4 heteroatoms. The number of nitrogens with zero attached hydrogens (tertiary/aromatic N) is 2. The van der Waals surface area contributed by atoms with Crippen LogP contribution in [0.25, 0.3) is 0 Å². The molecule has 2 aliphatic heterocycles. The largest absolute Gasteiger partial charge is 0.372 e. The number of ether oxygens (including phenoxy) is 1. The van der Waals surface area contributed by atoms with Crippen molar-refractivity contribution < 1.29 is 9.22 Å². The van der Waals surface area contributed by atoms with Gasteiger partial charge in [-0.25, -0.2) is 0 Å². The van der Waals surface area contributed by atoms with E-state index < -0.39 is 0 Å². The highest BCUT2D eigenvalue weighted by molar-refractivity contribution is 4.90. The van der Waals surface area contributed by atoms with Gasteiger partial charge in [-0.3, -0.25) is 0 Å². The number of likely N-dealkylation sites (N-methyl/N-ethyl adjacent to an activating group) is 1. The summed E-state index contributed by atoms with van der Waals surface area (Å²) in [5.41, 5.74) is -0.0460. The fraction of sp³-hybridized carbons (Fsp3) is 1.00. The van der Waals surface area contributed by atoms with Crippen molar-refractivity contribution in [1.29, 1.82) is 0 Å². The van der Waals surface area contributed by atoms with E-state index in [-0.39, 0.29) is 5.60 Å². The zero-order valence-electron chi connectivity index (χ0n) is 8.13. The Morgan fingerprint density at radius 2 is 1.92 bits per heavy atom. The normalized spacial score (nSPS) is 30.9. The molecule has 0 aromatic rings. The van der Waals surface area contributed by atoms with Crippen LogP contribution < -0.4 is 0 Å². The van der Waals surface area contributed by atoms with Gasteiger partial charge in [0.2, 0.25) is 0 Å². The van der Waals surface area contributed by atoms with E-state index in [1.165, 1.54) is 0 Å². The lowest BCUT2D eigenvalue weighted by Crippen LogP contribution is -2.54. The van der Waals surface area contributed by atoms with Crippen LogP contribution in [0, 0.1) is 0 Å². The van der Waals surface area contributed by atoms with Crippen molar-refractivity contribution in [1.82, 2.24) is 10.0 Å². The van der Waals surface area contributed by atoms with Crippen LogP contribution in [-0.4, -0.2) is 55.5 Å². The summed E-state index contributed by atoms with van der Waals surface area (Å²) in [6, 6.07) is 0. The molecule has 3 nitrogen and oxygen atoms in total. The average molecular weight is 188 g/mol. The Morgan fingerprint density at radius 1 is 1.23 bits per heavy atom. The van der Waals surface area contributed by atoms with E-state index in [0.29, 0.717) is 13.1 Å².